The molecule has 1 unspecified atom stereocenters. The Kier molecular flexibility index (Phi) is 5.30. The molecule has 9 heteroatoms. The molecule has 1 saturated heterocycles. The summed E-state index contributed by atoms with van der Waals surface area (Å²) in [4.78, 5) is 11.3. The van der Waals surface area contributed by atoms with Gasteiger partial charge in [0.15, 0.2) is 0 Å². The van der Waals surface area contributed by atoms with Gasteiger partial charge in [0, 0.05) is 13.0 Å². The van der Waals surface area contributed by atoms with Gasteiger partial charge in [-0.05, 0) is 43.5 Å². The van der Waals surface area contributed by atoms with Crippen LogP contribution in [-0.2, 0) is 25.7 Å². The average Bonchev–Trinajstić information content (AvgIpc) is 2.97. The van der Waals surface area contributed by atoms with E-state index in [2.05, 4.69) is 0 Å². The number of ether oxygens (including phenoxy) is 1. The third-order valence-corrected chi connectivity index (χ3v) is 4.85. The molecule has 23 heavy (non-hydrogen) atoms. The predicted octanol–water partition coefficient (Wildman–Crippen LogP) is 2.47. The van der Waals surface area contributed by atoms with Gasteiger partial charge >= 0.3 is 6.18 Å². The number of hydrogen-bond acceptors (Lipinski definition) is 4. The van der Waals surface area contributed by atoms with Gasteiger partial charge in [-0.1, -0.05) is 0 Å². The maximum atomic E-state index is 12.4. The fourth-order valence-electron chi connectivity index (χ4n) is 2.25. The minimum Gasteiger partial charge on any atom is -0.378 e. The molecular weight excluding hydrogens is 335 g/mol. The first-order valence-electron chi connectivity index (χ1n) is 7.03. The lowest BCUT2D eigenvalue weighted by Crippen LogP contribution is -2.31. The Labute approximate surface area is 131 Å². The van der Waals surface area contributed by atoms with E-state index in [0.717, 1.165) is 25.0 Å². The van der Waals surface area contributed by atoms with E-state index in [0.29, 0.717) is 25.2 Å². The van der Waals surface area contributed by atoms with Gasteiger partial charge < -0.3 is 4.74 Å². The summed E-state index contributed by atoms with van der Waals surface area (Å²) in [6.07, 6.45) is -2.46. The molecule has 0 spiro atoms. The Morgan fingerprint density at radius 1 is 1.26 bits per heavy atom. The number of rotatable bonds is 5. The largest absolute Gasteiger partial charge is 0.416 e. The molecule has 1 aromatic carbocycles. The summed E-state index contributed by atoms with van der Waals surface area (Å²) in [5, 5.41) is 0. The molecule has 1 aliphatic heterocycles. The van der Waals surface area contributed by atoms with Crippen molar-refractivity contribution in [1.82, 2.24) is 4.72 Å². The number of nitrogens with one attached hydrogen (secondary N) is 1. The van der Waals surface area contributed by atoms with Gasteiger partial charge in [0.2, 0.25) is 5.91 Å². The standard InChI is InChI=1S/C14H16F3NO4S/c15-14(16,17)10-3-6-12(7-4-10)23(20,21)18-13(19)8-5-11-2-1-9-22-11/h3-4,6-7,11H,1-2,5,8-9H2,(H,18,19). The molecule has 0 aromatic heterocycles. The lowest BCUT2D eigenvalue weighted by Gasteiger charge is -2.11. The molecule has 1 atom stereocenters. The molecule has 5 nitrogen and oxygen atoms in total. The highest BCUT2D eigenvalue weighted by atomic mass is 32.2. The summed E-state index contributed by atoms with van der Waals surface area (Å²) >= 11 is 0. The number of hydrogen-bond donors (Lipinski definition) is 1. The monoisotopic (exact) mass is 351 g/mol. The number of benzene rings is 1. The van der Waals surface area contributed by atoms with Crippen molar-refractivity contribution in [3.05, 3.63) is 29.8 Å². The minimum atomic E-state index is -4.55. The van der Waals surface area contributed by atoms with Crippen LogP contribution >= 0.6 is 0 Å². The van der Waals surface area contributed by atoms with Crippen LogP contribution in [0.5, 0.6) is 0 Å². The third-order valence-electron chi connectivity index (χ3n) is 3.46. The number of sulfonamides is 1. The maximum absolute atomic E-state index is 12.4. The molecule has 0 aliphatic carbocycles. The summed E-state index contributed by atoms with van der Waals surface area (Å²) in [6, 6.07) is 2.95. The third kappa shape index (κ3) is 4.93. The summed E-state index contributed by atoms with van der Waals surface area (Å²) in [6.45, 7) is 0.635. The van der Waals surface area contributed by atoms with Gasteiger partial charge in [-0.15, -0.1) is 0 Å². The summed E-state index contributed by atoms with van der Waals surface area (Å²) < 4.78 is 68.4. The molecule has 0 bridgehead atoms. The fourth-order valence-corrected chi connectivity index (χ4v) is 3.26. The van der Waals surface area contributed by atoms with E-state index in [1.165, 1.54) is 0 Å². The lowest BCUT2D eigenvalue weighted by atomic mass is 10.1. The van der Waals surface area contributed by atoms with Gasteiger partial charge in [0.1, 0.15) is 0 Å². The van der Waals surface area contributed by atoms with Crippen molar-refractivity contribution in [3.8, 4) is 0 Å². The van der Waals surface area contributed by atoms with Crippen LogP contribution in [0, 0.1) is 0 Å². The van der Waals surface area contributed by atoms with Crippen molar-refractivity contribution >= 4 is 15.9 Å². The Morgan fingerprint density at radius 3 is 2.43 bits per heavy atom. The first-order valence-corrected chi connectivity index (χ1v) is 8.51. The Hall–Kier alpha value is -1.61. The van der Waals surface area contributed by atoms with Crippen LogP contribution < -0.4 is 4.72 Å². The van der Waals surface area contributed by atoms with Crippen LogP contribution in [0.15, 0.2) is 29.2 Å². The minimum absolute atomic E-state index is 0.0233. The van der Waals surface area contributed by atoms with Crippen molar-refractivity contribution in [2.24, 2.45) is 0 Å². The first kappa shape index (κ1) is 17.7. The molecule has 0 radical (unpaired) electrons. The quantitative estimate of drug-likeness (QED) is 0.885. The van der Waals surface area contributed by atoms with E-state index in [4.69, 9.17) is 4.74 Å². The summed E-state index contributed by atoms with van der Waals surface area (Å²) in [7, 11) is -4.18. The van der Waals surface area contributed by atoms with Crippen molar-refractivity contribution in [2.75, 3.05) is 6.61 Å². The molecule has 1 N–H and O–H groups in total. The first-order chi connectivity index (χ1) is 10.7. The van der Waals surface area contributed by atoms with Crippen LogP contribution in [-0.4, -0.2) is 27.0 Å². The van der Waals surface area contributed by atoms with Crippen LogP contribution in [0.1, 0.15) is 31.2 Å². The molecular formula is C14H16F3NO4S. The van der Waals surface area contributed by atoms with Gasteiger partial charge in [-0.2, -0.15) is 13.2 Å². The summed E-state index contributed by atoms with van der Waals surface area (Å²) in [5.41, 5.74) is -0.957. The molecule has 1 amide bonds. The maximum Gasteiger partial charge on any atom is 0.416 e. The van der Waals surface area contributed by atoms with Crippen molar-refractivity contribution in [1.29, 1.82) is 0 Å². The zero-order valence-electron chi connectivity index (χ0n) is 12.1. The van der Waals surface area contributed by atoms with Crippen molar-refractivity contribution in [3.63, 3.8) is 0 Å². The van der Waals surface area contributed by atoms with E-state index in [1.807, 2.05) is 4.72 Å². The van der Waals surface area contributed by atoms with Crippen molar-refractivity contribution < 1.29 is 31.1 Å². The van der Waals surface area contributed by atoms with Crippen molar-refractivity contribution in [2.45, 2.75) is 42.9 Å². The van der Waals surface area contributed by atoms with Crippen LogP contribution in [0.25, 0.3) is 0 Å². The van der Waals surface area contributed by atoms with E-state index in [9.17, 15) is 26.4 Å². The smallest absolute Gasteiger partial charge is 0.378 e. The second-order valence-corrected chi connectivity index (χ2v) is 6.91. The molecule has 2 rings (SSSR count). The summed E-state index contributed by atoms with van der Waals surface area (Å²) in [5.74, 6) is -0.708. The number of alkyl halides is 3. The van der Waals surface area contributed by atoms with E-state index < -0.39 is 32.6 Å². The van der Waals surface area contributed by atoms with E-state index >= 15 is 0 Å². The molecule has 1 aliphatic rings. The number of carbonyl (C=O) groups is 1. The topological polar surface area (TPSA) is 72.5 Å². The highest BCUT2D eigenvalue weighted by molar-refractivity contribution is 7.90. The number of halogens is 3. The van der Waals surface area contributed by atoms with Crippen LogP contribution in [0.2, 0.25) is 0 Å². The zero-order valence-corrected chi connectivity index (χ0v) is 12.9. The molecule has 1 fully saturated rings. The van der Waals surface area contributed by atoms with Gasteiger partial charge in [0.05, 0.1) is 16.6 Å². The van der Waals surface area contributed by atoms with Gasteiger partial charge in [-0.3, -0.25) is 4.79 Å². The number of amides is 1. The molecule has 1 aromatic rings. The van der Waals surface area contributed by atoms with Gasteiger partial charge in [-0.25, -0.2) is 13.1 Å². The van der Waals surface area contributed by atoms with Gasteiger partial charge in [0.25, 0.3) is 10.0 Å². The Bertz CT molecular complexity index is 650. The highest BCUT2D eigenvalue weighted by Gasteiger charge is 2.30. The Morgan fingerprint density at radius 2 is 1.91 bits per heavy atom. The second kappa shape index (κ2) is 6.88. The number of carbonyl (C=O) groups excluding carboxylic acids is 1. The SMILES string of the molecule is O=C(CCC1CCCO1)NS(=O)(=O)c1ccc(C(F)(F)F)cc1. The lowest BCUT2D eigenvalue weighted by molar-refractivity contribution is -0.137. The average molecular weight is 351 g/mol. The molecule has 1 heterocycles. The highest BCUT2D eigenvalue weighted by Crippen LogP contribution is 2.29. The van der Waals surface area contributed by atoms with Crippen LogP contribution in [0.3, 0.4) is 0 Å². The van der Waals surface area contributed by atoms with Crippen LogP contribution in [0.4, 0.5) is 13.2 Å². The molecule has 128 valence electrons. The van der Waals surface area contributed by atoms with E-state index in [-0.39, 0.29) is 12.5 Å². The molecule has 0 saturated carbocycles. The zero-order chi connectivity index (χ0) is 17.1. The normalized spacial score (nSPS) is 18.8. The van der Waals surface area contributed by atoms with E-state index in [1.54, 1.807) is 0 Å². The Balaban J connectivity index is 1.96. The second-order valence-electron chi connectivity index (χ2n) is 5.22. The fraction of sp³-hybridized carbons (Fsp3) is 0.500. The predicted molar refractivity (Wildman–Crippen MR) is 75.0 cm³/mol.